The summed E-state index contributed by atoms with van der Waals surface area (Å²) in [5.74, 6) is 1.29. The largest absolute Gasteiger partial charge is 0.497 e. The Kier molecular flexibility index (Phi) is 4.20. The summed E-state index contributed by atoms with van der Waals surface area (Å²) < 4.78 is 10.4. The highest BCUT2D eigenvalue weighted by Crippen LogP contribution is 2.38. The molecule has 1 aliphatic rings. The van der Waals surface area contributed by atoms with Crippen LogP contribution in [0.5, 0.6) is 11.5 Å². The van der Waals surface area contributed by atoms with E-state index in [-0.39, 0.29) is 11.8 Å². The highest BCUT2D eigenvalue weighted by molar-refractivity contribution is 6.00. The van der Waals surface area contributed by atoms with E-state index in [1.54, 1.807) is 19.2 Å². The van der Waals surface area contributed by atoms with Gasteiger partial charge in [0.15, 0.2) is 0 Å². The molecule has 5 nitrogen and oxygen atoms in total. The number of hydrogen-bond acceptors (Lipinski definition) is 4. The Balaban J connectivity index is 1.91. The molecule has 126 valence electrons. The van der Waals surface area contributed by atoms with E-state index < -0.39 is 5.54 Å². The molecule has 0 spiro atoms. The molecule has 0 radical (unpaired) electrons. The third-order valence-electron chi connectivity index (χ3n) is 4.37. The molecule has 0 bridgehead atoms. The highest BCUT2D eigenvalue weighted by Gasteiger charge is 2.47. The van der Waals surface area contributed by atoms with E-state index in [2.05, 4.69) is 5.43 Å². The maximum absolute atomic E-state index is 13.0. The minimum atomic E-state index is -0.397. The van der Waals surface area contributed by atoms with E-state index >= 15 is 0 Å². The predicted molar refractivity (Wildman–Crippen MR) is 93.4 cm³/mol. The van der Waals surface area contributed by atoms with Gasteiger partial charge in [0.05, 0.1) is 25.8 Å². The van der Waals surface area contributed by atoms with Crippen LogP contribution in [-0.4, -0.2) is 25.7 Å². The lowest BCUT2D eigenvalue weighted by atomic mass is 9.83. The van der Waals surface area contributed by atoms with Crippen LogP contribution in [0, 0.1) is 0 Å². The average Bonchev–Trinajstić information content (AvgIpc) is 2.84. The van der Waals surface area contributed by atoms with Crippen LogP contribution in [0.3, 0.4) is 0 Å². The molecule has 0 aliphatic carbocycles. The van der Waals surface area contributed by atoms with E-state index in [1.807, 2.05) is 62.4 Å². The lowest BCUT2D eigenvalue weighted by Gasteiger charge is -2.25. The molecule has 1 N–H and O–H groups in total. The van der Waals surface area contributed by atoms with Gasteiger partial charge in [-0.25, -0.2) is 10.4 Å². The number of carbonyl (C=O) groups excluding carboxylic acids is 1. The summed E-state index contributed by atoms with van der Waals surface area (Å²) in [7, 11) is 3.25. The summed E-state index contributed by atoms with van der Waals surface area (Å²) >= 11 is 0. The molecule has 5 heteroatoms. The van der Waals surface area contributed by atoms with Crippen molar-refractivity contribution in [3.05, 3.63) is 54.1 Å². The second kappa shape index (κ2) is 6.17. The molecule has 2 aromatic rings. The Bertz CT molecular complexity index is 723. The molecule has 2 aromatic carbocycles. The van der Waals surface area contributed by atoms with Crippen LogP contribution in [0.15, 0.2) is 48.5 Å². The lowest BCUT2D eigenvalue weighted by Crippen LogP contribution is -2.43. The van der Waals surface area contributed by atoms with Crippen molar-refractivity contribution in [3.8, 4) is 11.5 Å². The van der Waals surface area contributed by atoms with Crippen LogP contribution in [-0.2, 0) is 4.79 Å². The fraction of sp³-hybridized carbons (Fsp3) is 0.316. The number of anilines is 1. The molecule has 3 rings (SSSR count). The Morgan fingerprint density at radius 3 is 1.92 bits per heavy atom. The fourth-order valence-corrected chi connectivity index (χ4v) is 3.12. The monoisotopic (exact) mass is 326 g/mol. The molecule has 0 aromatic heterocycles. The van der Waals surface area contributed by atoms with Crippen molar-refractivity contribution in [1.82, 2.24) is 5.43 Å². The zero-order chi connectivity index (χ0) is 17.3. The Morgan fingerprint density at radius 2 is 1.42 bits per heavy atom. The van der Waals surface area contributed by atoms with E-state index in [1.165, 1.54) is 0 Å². The van der Waals surface area contributed by atoms with Crippen molar-refractivity contribution in [2.75, 3.05) is 19.2 Å². The number of carbonyl (C=O) groups is 1. The lowest BCUT2D eigenvalue weighted by molar-refractivity contribution is -0.118. The van der Waals surface area contributed by atoms with E-state index in [0.717, 1.165) is 22.7 Å². The Labute approximate surface area is 142 Å². The van der Waals surface area contributed by atoms with Crippen molar-refractivity contribution in [3.63, 3.8) is 0 Å². The first-order valence-electron chi connectivity index (χ1n) is 7.86. The first-order valence-corrected chi connectivity index (χ1v) is 7.86. The van der Waals surface area contributed by atoms with Crippen molar-refractivity contribution in [1.29, 1.82) is 0 Å². The van der Waals surface area contributed by atoms with Crippen molar-refractivity contribution in [2.45, 2.75) is 25.3 Å². The number of amides is 1. The van der Waals surface area contributed by atoms with Crippen LogP contribution >= 0.6 is 0 Å². The number of nitrogens with one attached hydrogen (secondary N) is 1. The van der Waals surface area contributed by atoms with Gasteiger partial charge in [0.25, 0.3) is 5.91 Å². The normalized spacial score (nSPS) is 19.4. The number of ether oxygens (including phenoxy) is 2. The Morgan fingerprint density at radius 1 is 0.917 bits per heavy atom. The molecular formula is C19H22N2O3. The third kappa shape index (κ3) is 2.83. The zero-order valence-electron chi connectivity index (χ0n) is 14.4. The first-order chi connectivity index (χ1) is 11.5. The van der Waals surface area contributed by atoms with Gasteiger partial charge in [-0.15, -0.1) is 0 Å². The van der Waals surface area contributed by atoms with Crippen molar-refractivity contribution >= 4 is 11.6 Å². The van der Waals surface area contributed by atoms with Gasteiger partial charge in [-0.05, 0) is 55.8 Å². The van der Waals surface area contributed by atoms with Gasteiger partial charge in [-0.3, -0.25) is 4.79 Å². The van der Waals surface area contributed by atoms with Gasteiger partial charge in [0.1, 0.15) is 11.5 Å². The summed E-state index contributed by atoms with van der Waals surface area (Å²) in [6.07, 6.45) is 0. The molecule has 1 atom stereocenters. The summed E-state index contributed by atoms with van der Waals surface area (Å²) in [6, 6.07) is 15.1. The summed E-state index contributed by atoms with van der Waals surface area (Å²) in [5, 5.41) is 1.62. The molecule has 1 saturated heterocycles. The van der Waals surface area contributed by atoms with E-state index in [0.29, 0.717) is 0 Å². The minimum absolute atomic E-state index is 0.0235. The minimum Gasteiger partial charge on any atom is -0.497 e. The third-order valence-corrected chi connectivity index (χ3v) is 4.37. The van der Waals surface area contributed by atoms with Gasteiger partial charge >= 0.3 is 0 Å². The number of nitrogens with zero attached hydrogens (tertiary/aromatic N) is 1. The standard InChI is InChI=1S/C19H22N2O3/c1-19(2)17(13-5-9-15(23-3)10-6-13)18(22)21(20-19)14-7-11-16(24-4)12-8-14/h5-12,17,20H,1-4H3. The van der Waals surface area contributed by atoms with Gasteiger partial charge in [-0.1, -0.05) is 12.1 Å². The van der Waals surface area contributed by atoms with Gasteiger partial charge in [0.2, 0.25) is 0 Å². The number of methoxy groups -OCH3 is 2. The van der Waals surface area contributed by atoms with Crippen molar-refractivity contribution < 1.29 is 14.3 Å². The fourth-order valence-electron chi connectivity index (χ4n) is 3.12. The first kappa shape index (κ1) is 16.3. The second-order valence-corrected chi connectivity index (χ2v) is 6.41. The van der Waals surface area contributed by atoms with Crippen LogP contribution in [0.2, 0.25) is 0 Å². The second-order valence-electron chi connectivity index (χ2n) is 6.41. The number of hydrazine groups is 1. The number of rotatable bonds is 4. The van der Waals surface area contributed by atoms with E-state index in [4.69, 9.17) is 9.47 Å². The Hall–Kier alpha value is -2.53. The van der Waals surface area contributed by atoms with Gasteiger partial charge in [0, 0.05) is 5.54 Å². The maximum Gasteiger partial charge on any atom is 0.250 e. The molecular weight excluding hydrogens is 304 g/mol. The quantitative estimate of drug-likeness (QED) is 0.938. The van der Waals surface area contributed by atoms with Crippen molar-refractivity contribution in [2.24, 2.45) is 0 Å². The molecule has 0 saturated carbocycles. The summed E-state index contributed by atoms with van der Waals surface area (Å²) in [6.45, 7) is 4.06. The van der Waals surface area contributed by atoms with Crippen LogP contribution in [0.1, 0.15) is 25.3 Å². The molecule has 1 heterocycles. The maximum atomic E-state index is 13.0. The van der Waals surface area contributed by atoms with E-state index in [9.17, 15) is 4.79 Å². The van der Waals surface area contributed by atoms with Crippen LogP contribution in [0.4, 0.5) is 5.69 Å². The molecule has 1 unspecified atom stereocenters. The van der Waals surface area contributed by atoms with Gasteiger partial charge < -0.3 is 9.47 Å². The van der Waals surface area contributed by atoms with Gasteiger partial charge in [-0.2, -0.15) is 0 Å². The zero-order valence-corrected chi connectivity index (χ0v) is 14.4. The average molecular weight is 326 g/mol. The topological polar surface area (TPSA) is 50.8 Å². The molecule has 1 aliphatic heterocycles. The highest BCUT2D eigenvalue weighted by atomic mass is 16.5. The summed E-state index contributed by atoms with van der Waals surface area (Å²) in [5.41, 5.74) is 4.69. The molecule has 1 fully saturated rings. The SMILES string of the molecule is COc1ccc(C2C(=O)N(c3ccc(OC)cc3)NC2(C)C)cc1. The predicted octanol–water partition coefficient (Wildman–Crippen LogP) is 3.12. The van der Waals surface area contributed by atoms with Crippen LogP contribution < -0.4 is 19.9 Å². The molecule has 1 amide bonds. The number of hydrogen-bond donors (Lipinski definition) is 1. The number of benzene rings is 2. The van der Waals surface area contributed by atoms with Crippen LogP contribution in [0.25, 0.3) is 0 Å². The summed E-state index contributed by atoms with van der Waals surface area (Å²) in [4.78, 5) is 13.0. The molecule has 24 heavy (non-hydrogen) atoms. The smallest absolute Gasteiger partial charge is 0.250 e.